The smallest absolute Gasteiger partial charge is 0.305 e. The molecule has 21 heavy (non-hydrogen) atoms. The number of carbonyl (C=O) groups is 1. The molecule has 8 heteroatoms. The zero-order valence-corrected chi connectivity index (χ0v) is 13.0. The molecule has 0 radical (unpaired) electrons. The third kappa shape index (κ3) is 4.20. The number of unbranched alkanes of at least 4 members (excludes halogenated alkanes) is 1. The molecule has 0 fully saturated rings. The molecule has 0 bridgehead atoms. The number of benzene rings is 1. The average Bonchev–Trinajstić information content (AvgIpc) is 2.42. The van der Waals surface area contributed by atoms with Gasteiger partial charge in [-0.25, -0.2) is 4.39 Å². The molecule has 0 saturated heterocycles. The lowest BCUT2D eigenvalue weighted by Gasteiger charge is -2.22. The quantitative estimate of drug-likeness (QED) is 0.422. The highest BCUT2D eigenvalue weighted by molar-refractivity contribution is 9.09. The van der Waals surface area contributed by atoms with E-state index in [1.165, 1.54) is 4.90 Å². The molecule has 0 saturated carbocycles. The van der Waals surface area contributed by atoms with Crippen LogP contribution in [0.3, 0.4) is 0 Å². The summed E-state index contributed by atoms with van der Waals surface area (Å²) in [4.78, 5) is 23.2. The van der Waals surface area contributed by atoms with Crippen molar-refractivity contribution < 1.29 is 18.5 Å². The molecule has 1 rings (SSSR count). The van der Waals surface area contributed by atoms with E-state index < -0.39 is 33.7 Å². The minimum Gasteiger partial charge on any atom is -0.338 e. The van der Waals surface area contributed by atoms with Crippen LogP contribution in [0.1, 0.15) is 30.1 Å². The van der Waals surface area contributed by atoms with Gasteiger partial charge in [0.05, 0.1) is 4.92 Å². The Balaban J connectivity index is 3.20. The van der Waals surface area contributed by atoms with E-state index >= 15 is 0 Å². The lowest BCUT2D eigenvalue weighted by atomic mass is 10.1. The lowest BCUT2D eigenvalue weighted by molar-refractivity contribution is -0.387. The van der Waals surface area contributed by atoms with Gasteiger partial charge in [-0.2, -0.15) is 4.39 Å². The second-order valence-corrected chi connectivity index (χ2v) is 5.14. The standard InChI is InChI=1S/C13H15BrF2N2O3/c1-2-3-7-17(8-6-14)13(19)11-9(15)4-5-10(12(11)16)18(20)21/h4-5H,2-3,6-8H2,1H3. The summed E-state index contributed by atoms with van der Waals surface area (Å²) in [5.74, 6) is -3.40. The zero-order chi connectivity index (χ0) is 16.0. The number of hydrogen-bond donors (Lipinski definition) is 0. The van der Waals surface area contributed by atoms with E-state index in [0.717, 1.165) is 12.5 Å². The lowest BCUT2D eigenvalue weighted by Crippen LogP contribution is -2.35. The highest BCUT2D eigenvalue weighted by Gasteiger charge is 2.28. The predicted octanol–water partition coefficient (Wildman–Crippen LogP) is 3.51. The van der Waals surface area contributed by atoms with E-state index in [9.17, 15) is 23.7 Å². The summed E-state index contributed by atoms with van der Waals surface area (Å²) in [7, 11) is 0. The predicted molar refractivity (Wildman–Crippen MR) is 77.6 cm³/mol. The van der Waals surface area contributed by atoms with Gasteiger partial charge in [0.15, 0.2) is 0 Å². The second kappa shape index (κ2) is 8.02. The highest BCUT2D eigenvalue weighted by atomic mass is 79.9. The van der Waals surface area contributed by atoms with Crippen molar-refractivity contribution in [2.75, 3.05) is 18.4 Å². The maximum atomic E-state index is 14.0. The van der Waals surface area contributed by atoms with Crippen LogP contribution in [0.4, 0.5) is 14.5 Å². The molecule has 0 atom stereocenters. The van der Waals surface area contributed by atoms with E-state index in [4.69, 9.17) is 0 Å². The van der Waals surface area contributed by atoms with Gasteiger partial charge in [-0.3, -0.25) is 14.9 Å². The molecule has 0 aliphatic rings. The van der Waals surface area contributed by atoms with E-state index in [2.05, 4.69) is 15.9 Å². The topological polar surface area (TPSA) is 63.5 Å². The monoisotopic (exact) mass is 364 g/mol. The molecule has 1 aromatic carbocycles. The molecule has 1 aromatic rings. The molecule has 5 nitrogen and oxygen atoms in total. The minimum atomic E-state index is -1.43. The summed E-state index contributed by atoms with van der Waals surface area (Å²) in [6, 6.07) is 1.45. The second-order valence-electron chi connectivity index (χ2n) is 4.35. The normalized spacial score (nSPS) is 10.5. The molecule has 0 aliphatic carbocycles. The Morgan fingerprint density at radius 2 is 2.05 bits per heavy atom. The van der Waals surface area contributed by atoms with Gasteiger partial charge in [-0.15, -0.1) is 0 Å². The van der Waals surface area contributed by atoms with Crippen LogP contribution in [0.25, 0.3) is 0 Å². The number of amides is 1. The molecule has 0 heterocycles. The van der Waals surface area contributed by atoms with Gasteiger partial charge in [0, 0.05) is 24.5 Å². The molecule has 116 valence electrons. The Kier molecular flexibility index (Phi) is 6.67. The van der Waals surface area contributed by atoms with E-state index in [1.54, 1.807) is 0 Å². The van der Waals surface area contributed by atoms with Gasteiger partial charge in [0.25, 0.3) is 5.91 Å². The molecule has 0 N–H and O–H groups in total. The molecule has 0 aromatic heterocycles. The molecule has 0 unspecified atom stereocenters. The Labute approximate surface area is 129 Å². The highest BCUT2D eigenvalue weighted by Crippen LogP contribution is 2.24. The van der Waals surface area contributed by atoms with Crippen molar-refractivity contribution in [3.05, 3.63) is 39.4 Å². The number of nitro groups is 1. The first-order valence-corrected chi connectivity index (χ1v) is 7.53. The van der Waals surface area contributed by atoms with Gasteiger partial charge >= 0.3 is 5.69 Å². The Morgan fingerprint density at radius 1 is 1.38 bits per heavy atom. The Bertz CT molecular complexity index is 540. The molecule has 1 amide bonds. The van der Waals surface area contributed by atoms with Crippen molar-refractivity contribution >= 4 is 27.5 Å². The van der Waals surface area contributed by atoms with Crippen molar-refractivity contribution in [2.24, 2.45) is 0 Å². The van der Waals surface area contributed by atoms with Crippen LogP contribution in [0.15, 0.2) is 12.1 Å². The number of halogens is 3. The van der Waals surface area contributed by atoms with Crippen molar-refractivity contribution in [1.82, 2.24) is 4.90 Å². The van der Waals surface area contributed by atoms with Crippen LogP contribution in [-0.4, -0.2) is 34.2 Å². The van der Waals surface area contributed by atoms with Gasteiger partial charge in [-0.1, -0.05) is 29.3 Å². The number of carbonyl (C=O) groups excluding carboxylic acids is 1. The average molecular weight is 365 g/mol. The van der Waals surface area contributed by atoms with Crippen LogP contribution in [0, 0.1) is 21.7 Å². The SMILES string of the molecule is CCCCN(CCBr)C(=O)c1c(F)ccc([N+](=O)[O-])c1F. The first kappa shape index (κ1) is 17.5. The molecular weight excluding hydrogens is 350 g/mol. The number of nitrogens with zero attached hydrogens (tertiary/aromatic N) is 2. The van der Waals surface area contributed by atoms with Crippen LogP contribution >= 0.6 is 15.9 Å². The van der Waals surface area contributed by atoms with E-state index in [0.29, 0.717) is 24.4 Å². The number of rotatable bonds is 7. The van der Waals surface area contributed by atoms with Gasteiger partial charge < -0.3 is 4.90 Å². The van der Waals surface area contributed by atoms with Crippen LogP contribution < -0.4 is 0 Å². The number of hydrogen-bond acceptors (Lipinski definition) is 3. The van der Waals surface area contributed by atoms with Gasteiger partial charge in [0.1, 0.15) is 11.4 Å². The van der Waals surface area contributed by atoms with Crippen LogP contribution in [0.2, 0.25) is 0 Å². The summed E-state index contributed by atoms with van der Waals surface area (Å²) in [5, 5.41) is 11.1. The van der Waals surface area contributed by atoms with Crippen molar-refractivity contribution in [2.45, 2.75) is 19.8 Å². The fourth-order valence-corrected chi connectivity index (χ4v) is 2.23. The fourth-order valence-electron chi connectivity index (χ4n) is 1.80. The van der Waals surface area contributed by atoms with Gasteiger partial charge in [0.2, 0.25) is 5.82 Å². The largest absolute Gasteiger partial charge is 0.338 e. The third-order valence-corrected chi connectivity index (χ3v) is 3.26. The minimum absolute atomic E-state index is 0.264. The summed E-state index contributed by atoms with van der Waals surface area (Å²) >= 11 is 3.17. The Hall–Kier alpha value is -1.57. The molecule has 0 aliphatic heterocycles. The summed E-state index contributed by atoms with van der Waals surface area (Å²) in [6.45, 7) is 2.52. The van der Waals surface area contributed by atoms with E-state index in [-0.39, 0.29) is 6.54 Å². The maximum absolute atomic E-state index is 14.0. The van der Waals surface area contributed by atoms with Crippen LogP contribution in [0.5, 0.6) is 0 Å². The fraction of sp³-hybridized carbons (Fsp3) is 0.462. The summed E-state index contributed by atoms with van der Waals surface area (Å²) in [5.41, 5.74) is -1.78. The first-order chi connectivity index (χ1) is 9.93. The number of alkyl halides is 1. The summed E-state index contributed by atoms with van der Waals surface area (Å²) in [6.07, 6.45) is 1.49. The summed E-state index contributed by atoms with van der Waals surface area (Å²) < 4.78 is 27.8. The zero-order valence-electron chi connectivity index (χ0n) is 11.4. The van der Waals surface area contributed by atoms with Crippen LogP contribution in [-0.2, 0) is 0 Å². The molecular formula is C13H15BrF2N2O3. The van der Waals surface area contributed by atoms with Crippen molar-refractivity contribution in [3.63, 3.8) is 0 Å². The third-order valence-electron chi connectivity index (χ3n) is 2.90. The van der Waals surface area contributed by atoms with Crippen molar-refractivity contribution in [1.29, 1.82) is 0 Å². The Morgan fingerprint density at radius 3 is 2.57 bits per heavy atom. The molecule has 0 spiro atoms. The first-order valence-electron chi connectivity index (χ1n) is 6.41. The number of nitro benzene ring substituents is 1. The maximum Gasteiger partial charge on any atom is 0.305 e. The van der Waals surface area contributed by atoms with Crippen molar-refractivity contribution in [3.8, 4) is 0 Å². The van der Waals surface area contributed by atoms with E-state index in [1.807, 2.05) is 6.92 Å². The van der Waals surface area contributed by atoms with Gasteiger partial charge in [-0.05, 0) is 12.5 Å².